The van der Waals surface area contributed by atoms with Crippen molar-refractivity contribution < 1.29 is 19.3 Å². The lowest BCUT2D eigenvalue weighted by Crippen LogP contribution is -2.06. The molecular weight excluding hydrogens is 354 g/mol. The van der Waals surface area contributed by atoms with Gasteiger partial charge in [0.15, 0.2) is 0 Å². The lowest BCUT2D eigenvalue weighted by Gasteiger charge is -2.14. The molecule has 0 fully saturated rings. The zero-order valence-electron chi connectivity index (χ0n) is 14.9. The van der Waals surface area contributed by atoms with E-state index in [-0.39, 0.29) is 29.7 Å². The van der Waals surface area contributed by atoms with Gasteiger partial charge in [0.2, 0.25) is 0 Å². The molecule has 2 aromatic rings. The second kappa shape index (κ2) is 7.48. The number of fused-ring (bicyclic) bond motifs is 1. The van der Waals surface area contributed by atoms with Gasteiger partial charge in [-0.3, -0.25) is 20.2 Å². The molecule has 0 radical (unpaired) electrons. The van der Waals surface area contributed by atoms with Crippen LogP contribution in [0, 0.1) is 20.2 Å². The summed E-state index contributed by atoms with van der Waals surface area (Å²) in [5, 5.41) is 25.1. The normalized spacial score (nSPS) is 15.0. The maximum atomic E-state index is 11.3. The first kappa shape index (κ1) is 18.4. The Labute approximate surface area is 155 Å². The first-order valence-corrected chi connectivity index (χ1v) is 8.51. The van der Waals surface area contributed by atoms with Gasteiger partial charge >= 0.3 is 0 Å². The van der Waals surface area contributed by atoms with Crippen molar-refractivity contribution in [2.45, 2.75) is 32.9 Å². The second-order valence-electron chi connectivity index (χ2n) is 6.20. The van der Waals surface area contributed by atoms with E-state index in [1.54, 1.807) is 0 Å². The number of hydrogen-bond acceptors (Lipinski definition) is 7. The maximum absolute atomic E-state index is 11.3. The number of rotatable bonds is 7. The van der Waals surface area contributed by atoms with Crippen molar-refractivity contribution in [3.63, 3.8) is 0 Å². The van der Waals surface area contributed by atoms with E-state index < -0.39 is 9.85 Å². The molecule has 0 aliphatic carbocycles. The van der Waals surface area contributed by atoms with Crippen LogP contribution in [-0.2, 0) is 13.0 Å². The van der Waals surface area contributed by atoms with E-state index in [0.29, 0.717) is 12.4 Å². The summed E-state index contributed by atoms with van der Waals surface area (Å²) in [5.74, 6) is 1.46. The molecule has 0 aromatic heterocycles. The van der Waals surface area contributed by atoms with Crippen LogP contribution in [0.15, 0.2) is 30.3 Å². The fourth-order valence-electron chi connectivity index (χ4n) is 3.03. The van der Waals surface area contributed by atoms with Crippen LogP contribution in [0.4, 0.5) is 17.1 Å². The highest BCUT2D eigenvalue weighted by Crippen LogP contribution is 2.36. The van der Waals surface area contributed by atoms with Gasteiger partial charge in [-0.2, -0.15) is 0 Å². The molecule has 9 heteroatoms. The van der Waals surface area contributed by atoms with Crippen molar-refractivity contribution in [3.8, 4) is 11.5 Å². The monoisotopic (exact) mass is 373 g/mol. The number of nitro benzene ring substituents is 2. The van der Waals surface area contributed by atoms with Crippen LogP contribution in [-0.4, -0.2) is 22.6 Å². The second-order valence-corrected chi connectivity index (χ2v) is 6.20. The van der Waals surface area contributed by atoms with Gasteiger partial charge in [0.05, 0.1) is 22.5 Å². The fourth-order valence-corrected chi connectivity index (χ4v) is 3.03. The minimum atomic E-state index is -0.664. The van der Waals surface area contributed by atoms with E-state index in [0.717, 1.165) is 29.4 Å². The molecule has 1 aliphatic heterocycles. The average Bonchev–Trinajstić information content (AvgIpc) is 2.98. The Balaban J connectivity index is 1.87. The summed E-state index contributed by atoms with van der Waals surface area (Å²) in [4.78, 5) is 20.8. The molecular formula is C18H19N3O6. The third-order valence-corrected chi connectivity index (χ3v) is 4.24. The number of anilines is 1. The summed E-state index contributed by atoms with van der Waals surface area (Å²) >= 11 is 0. The Morgan fingerprint density at radius 1 is 1.22 bits per heavy atom. The molecule has 1 atom stereocenters. The number of ether oxygens (including phenoxy) is 2. The third-order valence-electron chi connectivity index (χ3n) is 4.24. The Morgan fingerprint density at radius 2 is 2.00 bits per heavy atom. The van der Waals surface area contributed by atoms with Crippen LogP contribution < -0.4 is 14.8 Å². The van der Waals surface area contributed by atoms with Gasteiger partial charge in [-0.25, -0.2) is 0 Å². The van der Waals surface area contributed by atoms with E-state index in [4.69, 9.17) is 9.47 Å². The van der Waals surface area contributed by atoms with Gasteiger partial charge in [-0.1, -0.05) is 0 Å². The lowest BCUT2D eigenvalue weighted by molar-refractivity contribution is -0.393. The first-order valence-electron chi connectivity index (χ1n) is 8.51. The largest absolute Gasteiger partial charge is 0.494 e. The minimum Gasteiger partial charge on any atom is -0.494 e. The molecule has 1 heterocycles. The van der Waals surface area contributed by atoms with Crippen molar-refractivity contribution in [3.05, 3.63) is 61.7 Å². The number of benzene rings is 2. The quantitative estimate of drug-likeness (QED) is 0.579. The molecule has 3 rings (SSSR count). The molecule has 0 saturated heterocycles. The summed E-state index contributed by atoms with van der Waals surface area (Å²) < 4.78 is 11.5. The Morgan fingerprint density at radius 3 is 2.67 bits per heavy atom. The van der Waals surface area contributed by atoms with E-state index in [9.17, 15) is 20.2 Å². The number of non-ortho nitro benzene ring substituents is 1. The van der Waals surface area contributed by atoms with Crippen molar-refractivity contribution in [1.29, 1.82) is 0 Å². The van der Waals surface area contributed by atoms with Gasteiger partial charge in [0.1, 0.15) is 23.3 Å². The number of nitrogens with zero attached hydrogens (tertiary/aromatic N) is 2. The SMILES string of the molecule is CCOc1cc2c(cc1CNc1ccc([N+](=O)[O-])cc1[N+](=O)[O-])O[C@H](C)C2. The highest BCUT2D eigenvalue weighted by Gasteiger charge is 2.23. The van der Waals surface area contributed by atoms with Crippen molar-refractivity contribution in [2.24, 2.45) is 0 Å². The maximum Gasteiger partial charge on any atom is 0.299 e. The van der Waals surface area contributed by atoms with Crippen molar-refractivity contribution >= 4 is 17.1 Å². The van der Waals surface area contributed by atoms with E-state index in [1.165, 1.54) is 12.1 Å². The Hall–Kier alpha value is -3.36. The standard InChI is InChI=1S/C18H19N3O6/c1-3-26-17-7-12-6-11(2)27-18(12)8-13(17)10-19-15-5-4-14(20(22)23)9-16(15)21(24)25/h4-5,7-9,11,19H,3,6,10H2,1-2H3/t11-/m1/s1. The molecule has 0 saturated carbocycles. The Bertz CT molecular complexity index is 899. The molecule has 1 N–H and O–H groups in total. The zero-order valence-corrected chi connectivity index (χ0v) is 14.9. The summed E-state index contributed by atoms with van der Waals surface area (Å²) in [6.45, 7) is 4.60. The number of hydrogen-bond donors (Lipinski definition) is 1. The van der Waals surface area contributed by atoms with Crippen molar-refractivity contribution in [1.82, 2.24) is 0 Å². The predicted octanol–water partition coefficient (Wildman–Crippen LogP) is 3.84. The zero-order chi connectivity index (χ0) is 19.6. The van der Waals surface area contributed by atoms with Crippen LogP contribution in [0.3, 0.4) is 0 Å². The van der Waals surface area contributed by atoms with E-state index in [1.807, 2.05) is 26.0 Å². The average molecular weight is 373 g/mol. The topological polar surface area (TPSA) is 117 Å². The van der Waals surface area contributed by atoms with Crippen molar-refractivity contribution in [2.75, 3.05) is 11.9 Å². The van der Waals surface area contributed by atoms with Crippen LogP contribution in [0.2, 0.25) is 0 Å². The highest BCUT2D eigenvalue weighted by atomic mass is 16.6. The molecule has 2 aromatic carbocycles. The van der Waals surface area contributed by atoms with Crippen LogP contribution >= 0.6 is 0 Å². The molecule has 27 heavy (non-hydrogen) atoms. The number of nitrogens with one attached hydrogen (secondary N) is 1. The summed E-state index contributed by atoms with van der Waals surface area (Å²) in [5.41, 5.74) is 1.37. The van der Waals surface area contributed by atoms with Gasteiger partial charge in [-0.05, 0) is 32.0 Å². The molecule has 0 spiro atoms. The van der Waals surface area contributed by atoms with Crippen LogP contribution in [0.25, 0.3) is 0 Å². The Kier molecular flexibility index (Phi) is 5.11. The van der Waals surface area contributed by atoms with E-state index in [2.05, 4.69) is 5.32 Å². The number of nitro groups is 2. The molecule has 142 valence electrons. The predicted molar refractivity (Wildman–Crippen MR) is 98.5 cm³/mol. The third kappa shape index (κ3) is 3.91. The van der Waals surface area contributed by atoms with Crippen LogP contribution in [0.5, 0.6) is 11.5 Å². The summed E-state index contributed by atoms with van der Waals surface area (Å²) in [6.07, 6.45) is 0.894. The molecule has 0 unspecified atom stereocenters. The van der Waals surface area contributed by atoms with Gasteiger partial charge in [0, 0.05) is 30.2 Å². The summed E-state index contributed by atoms with van der Waals surface area (Å²) in [7, 11) is 0. The fraction of sp³-hybridized carbons (Fsp3) is 0.333. The van der Waals surface area contributed by atoms with Crippen LogP contribution in [0.1, 0.15) is 25.0 Å². The lowest BCUT2D eigenvalue weighted by atomic mass is 10.1. The molecule has 0 amide bonds. The molecule has 1 aliphatic rings. The smallest absolute Gasteiger partial charge is 0.299 e. The molecule has 9 nitrogen and oxygen atoms in total. The van der Waals surface area contributed by atoms with E-state index >= 15 is 0 Å². The van der Waals surface area contributed by atoms with Gasteiger partial charge < -0.3 is 14.8 Å². The molecule has 0 bridgehead atoms. The summed E-state index contributed by atoms with van der Waals surface area (Å²) in [6, 6.07) is 7.31. The van der Waals surface area contributed by atoms with Gasteiger partial charge in [0.25, 0.3) is 11.4 Å². The first-order chi connectivity index (χ1) is 12.9. The minimum absolute atomic E-state index is 0.0912. The van der Waals surface area contributed by atoms with Gasteiger partial charge in [-0.15, -0.1) is 0 Å². The highest BCUT2D eigenvalue weighted by molar-refractivity contribution is 5.65.